The van der Waals surface area contributed by atoms with E-state index in [1.54, 1.807) is 0 Å². The topological polar surface area (TPSA) is 66.8 Å². The molecule has 1 aliphatic rings. The molecule has 1 amide bonds. The molecule has 0 radical (unpaired) electrons. The Morgan fingerprint density at radius 1 is 1.44 bits per heavy atom. The van der Waals surface area contributed by atoms with Crippen LogP contribution in [-0.2, 0) is 16.1 Å². The van der Waals surface area contributed by atoms with Crippen molar-refractivity contribution in [3.63, 3.8) is 0 Å². The number of hydrogen-bond acceptors (Lipinski definition) is 3. The summed E-state index contributed by atoms with van der Waals surface area (Å²) in [5.41, 5.74) is 2.16. The molecule has 5 nitrogen and oxygen atoms in total. The first-order valence-electron chi connectivity index (χ1n) is 5.80. The Hall–Kier alpha value is -2.04. The Balaban J connectivity index is 1.97. The highest BCUT2D eigenvalue weighted by Crippen LogP contribution is 2.15. The Morgan fingerprint density at radius 2 is 2.11 bits per heavy atom. The fourth-order valence-electron chi connectivity index (χ4n) is 1.85. The first-order chi connectivity index (χ1) is 8.56. The molecule has 1 aromatic rings. The van der Waals surface area contributed by atoms with Gasteiger partial charge in [-0.3, -0.25) is 0 Å². The summed E-state index contributed by atoms with van der Waals surface area (Å²) < 4.78 is 4.84. The molecule has 0 saturated carbocycles. The van der Waals surface area contributed by atoms with E-state index in [1.807, 2.05) is 31.2 Å². The Labute approximate surface area is 105 Å². The van der Waals surface area contributed by atoms with Crippen LogP contribution >= 0.6 is 0 Å². The third kappa shape index (κ3) is 2.80. The van der Waals surface area contributed by atoms with Gasteiger partial charge in [-0.1, -0.05) is 29.8 Å². The second kappa shape index (κ2) is 5.08. The van der Waals surface area contributed by atoms with Gasteiger partial charge in [0.25, 0.3) is 0 Å². The maximum atomic E-state index is 11.6. The van der Waals surface area contributed by atoms with E-state index in [9.17, 15) is 9.59 Å². The van der Waals surface area contributed by atoms with Crippen LogP contribution in [0.1, 0.15) is 17.5 Å². The van der Waals surface area contributed by atoms with Gasteiger partial charge >= 0.3 is 12.1 Å². The van der Waals surface area contributed by atoms with E-state index in [2.05, 4.69) is 0 Å². The number of cyclic esters (lactones) is 1. The molecule has 18 heavy (non-hydrogen) atoms. The minimum Gasteiger partial charge on any atom is -0.479 e. The number of aryl methyl sites for hydroxylation is 1. The molecule has 5 heteroatoms. The van der Waals surface area contributed by atoms with E-state index in [-0.39, 0.29) is 0 Å². The van der Waals surface area contributed by atoms with Crippen LogP contribution < -0.4 is 0 Å². The number of carboxylic acids is 1. The van der Waals surface area contributed by atoms with Crippen LogP contribution in [0.3, 0.4) is 0 Å². The number of aliphatic carboxylic acids is 1. The summed E-state index contributed by atoms with van der Waals surface area (Å²) in [5, 5.41) is 8.77. The summed E-state index contributed by atoms with van der Waals surface area (Å²) in [5.74, 6) is -1.08. The average molecular weight is 249 g/mol. The van der Waals surface area contributed by atoms with E-state index in [1.165, 1.54) is 4.90 Å². The second-order valence-corrected chi connectivity index (χ2v) is 4.41. The molecule has 0 aromatic heterocycles. The van der Waals surface area contributed by atoms with E-state index in [0.29, 0.717) is 19.5 Å². The molecule has 1 fully saturated rings. The average Bonchev–Trinajstić information content (AvgIpc) is 2.34. The van der Waals surface area contributed by atoms with Crippen molar-refractivity contribution in [1.82, 2.24) is 4.90 Å². The monoisotopic (exact) mass is 249 g/mol. The van der Waals surface area contributed by atoms with Crippen LogP contribution in [0, 0.1) is 6.92 Å². The van der Waals surface area contributed by atoms with Crippen LogP contribution in [0.25, 0.3) is 0 Å². The Bertz CT molecular complexity index is 455. The van der Waals surface area contributed by atoms with E-state index < -0.39 is 18.2 Å². The number of rotatable bonds is 3. The highest BCUT2D eigenvalue weighted by Gasteiger charge is 2.31. The van der Waals surface area contributed by atoms with Crippen molar-refractivity contribution >= 4 is 12.1 Å². The largest absolute Gasteiger partial charge is 0.479 e. The van der Waals surface area contributed by atoms with Gasteiger partial charge in [0.2, 0.25) is 6.10 Å². The summed E-state index contributed by atoms with van der Waals surface area (Å²) >= 11 is 0. The van der Waals surface area contributed by atoms with E-state index in [4.69, 9.17) is 9.84 Å². The van der Waals surface area contributed by atoms with Gasteiger partial charge in [-0.2, -0.15) is 0 Å². The van der Waals surface area contributed by atoms with Gasteiger partial charge in [0.05, 0.1) is 0 Å². The molecule has 0 bridgehead atoms. The molecule has 0 spiro atoms. The summed E-state index contributed by atoms with van der Waals surface area (Å²) in [6.45, 7) is 2.85. The highest BCUT2D eigenvalue weighted by molar-refractivity contribution is 5.78. The molecule has 1 heterocycles. The summed E-state index contributed by atoms with van der Waals surface area (Å²) in [6.07, 6.45) is -1.24. The maximum absolute atomic E-state index is 11.6. The smallest absolute Gasteiger partial charge is 0.410 e. The number of amides is 1. The summed E-state index contributed by atoms with van der Waals surface area (Å²) in [4.78, 5) is 23.8. The Morgan fingerprint density at radius 3 is 2.67 bits per heavy atom. The zero-order chi connectivity index (χ0) is 13.1. The molecule has 2 rings (SSSR count). The van der Waals surface area contributed by atoms with E-state index in [0.717, 1.165) is 11.1 Å². The van der Waals surface area contributed by atoms with Crippen LogP contribution in [0.5, 0.6) is 0 Å². The third-order valence-corrected chi connectivity index (χ3v) is 2.93. The van der Waals surface area contributed by atoms with Gasteiger partial charge in [0, 0.05) is 19.5 Å². The van der Waals surface area contributed by atoms with Crippen LogP contribution in [-0.4, -0.2) is 34.7 Å². The SMILES string of the molecule is Cc1ccc(CN2CCC(C(=O)O)OC2=O)cc1. The highest BCUT2D eigenvalue weighted by atomic mass is 16.6. The standard InChI is InChI=1S/C13H15NO4/c1-9-2-4-10(5-3-9)8-14-7-6-11(12(15)16)18-13(14)17/h2-5,11H,6-8H2,1H3,(H,15,16). The lowest BCUT2D eigenvalue weighted by Gasteiger charge is -2.29. The lowest BCUT2D eigenvalue weighted by atomic mass is 10.1. The molecule has 1 unspecified atom stereocenters. The van der Waals surface area contributed by atoms with Gasteiger partial charge in [-0.05, 0) is 12.5 Å². The molecule has 1 saturated heterocycles. The first kappa shape index (κ1) is 12.4. The first-order valence-corrected chi connectivity index (χ1v) is 5.80. The van der Waals surface area contributed by atoms with Crippen molar-refractivity contribution in [2.45, 2.75) is 26.0 Å². The normalized spacial score (nSPS) is 19.5. The number of carbonyl (C=O) groups excluding carboxylic acids is 1. The van der Waals surface area contributed by atoms with Crippen molar-refractivity contribution in [1.29, 1.82) is 0 Å². The van der Waals surface area contributed by atoms with Gasteiger partial charge in [-0.25, -0.2) is 9.59 Å². The molecule has 1 aliphatic heterocycles. The third-order valence-electron chi connectivity index (χ3n) is 2.93. The minimum absolute atomic E-state index is 0.326. The molecular formula is C13H15NO4. The van der Waals surface area contributed by atoms with Gasteiger partial charge in [-0.15, -0.1) is 0 Å². The summed E-state index contributed by atoms with van der Waals surface area (Å²) in [7, 11) is 0. The zero-order valence-electron chi connectivity index (χ0n) is 10.1. The number of benzene rings is 1. The van der Waals surface area contributed by atoms with Crippen LogP contribution in [0.4, 0.5) is 4.79 Å². The predicted molar refractivity (Wildman–Crippen MR) is 64.1 cm³/mol. The fraction of sp³-hybridized carbons (Fsp3) is 0.385. The zero-order valence-corrected chi connectivity index (χ0v) is 10.1. The number of ether oxygens (including phenoxy) is 1. The van der Waals surface area contributed by atoms with Crippen LogP contribution in [0.15, 0.2) is 24.3 Å². The van der Waals surface area contributed by atoms with Crippen molar-refractivity contribution in [2.75, 3.05) is 6.54 Å². The van der Waals surface area contributed by atoms with Crippen molar-refractivity contribution in [3.05, 3.63) is 35.4 Å². The number of carboxylic acid groups (broad SMARTS) is 1. The molecule has 1 atom stereocenters. The van der Waals surface area contributed by atoms with Gasteiger partial charge in [0.15, 0.2) is 0 Å². The summed E-state index contributed by atoms with van der Waals surface area (Å²) in [6, 6.07) is 7.85. The van der Waals surface area contributed by atoms with Gasteiger partial charge in [0.1, 0.15) is 0 Å². The molecule has 96 valence electrons. The van der Waals surface area contributed by atoms with Gasteiger partial charge < -0.3 is 14.7 Å². The number of hydrogen-bond donors (Lipinski definition) is 1. The van der Waals surface area contributed by atoms with Crippen molar-refractivity contribution < 1.29 is 19.4 Å². The quantitative estimate of drug-likeness (QED) is 0.886. The number of nitrogens with zero attached hydrogens (tertiary/aromatic N) is 1. The maximum Gasteiger partial charge on any atom is 0.410 e. The molecule has 1 aromatic carbocycles. The Kier molecular flexibility index (Phi) is 3.50. The molecular weight excluding hydrogens is 234 g/mol. The lowest BCUT2D eigenvalue weighted by Crippen LogP contribution is -2.44. The molecule has 0 aliphatic carbocycles. The second-order valence-electron chi connectivity index (χ2n) is 4.41. The molecule has 1 N–H and O–H groups in total. The fourth-order valence-corrected chi connectivity index (χ4v) is 1.85. The minimum atomic E-state index is -1.08. The van der Waals surface area contributed by atoms with E-state index >= 15 is 0 Å². The van der Waals surface area contributed by atoms with Crippen LogP contribution in [0.2, 0.25) is 0 Å². The van der Waals surface area contributed by atoms with Crippen molar-refractivity contribution in [2.24, 2.45) is 0 Å². The predicted octanol–water partition coefficient (Wildman–Crippen LogP) is 1.79. The van der Waals surface area contributed by atoms with Crippen molar-refractivity contribution in [3.8, 4) is 0 Å². The number of carbonyl (C=O) groups is 2. The lowest BCUT2D eigenvalue weighted by molar-refractivity contribution is -0.149.